The molecular formula is C16H26O2. The van der Waals surface area contributed by atoms with Crippen LogP contribution in [0.3, 0.4) is 0 Å². The van der Waals surface area contributed by atoms with E-state index in [0.717, 1.165) is 5.92 Å². The first-order valence-electron chi connectivity index (χ1n) is 7.54. The molecule has 1 unspecified atom stereocenters. The summed E-state index contributed by atoms with van der Waals surface area (Å²) in [7, 11) is 0. The standard InChI is InChI=1S/C16H26O2/c1-10-8-12-15(2,3)6-5-7-16(12,4)11-9-13(17)18-14(10)11/h10-12,14H,5-9H2,1-4H3/t10-,11-,12-,14?,16+/m0/s1. The lowest BCUT2D eigenvalue weighted by Crippen LogP contribution is -2.54. The van der Waals surface area contributed by atoms with Gasteiger partial charge in [-0.1, -0.05) is 34.1 Å². The van der Waals surface area contributed by atoms with Crippen molar-refractivity contribution < 1.29 is 9.53 Å². The van der Waals surface area contributed by atoms with Crippen molar-refractivity contribution in [2.45, 2.75) is 65.9 Å². The van der Waals surface area contributed by atoms with Gasteiger partial charge in [0.25, 0.3) is 0 Å². The zero-order valence-corrected chi connectivity index (χ0v) is 12.2. The highest BCUT2D eigenvalue weighted by atomic mass is 16.6. The molecule has 2 saturated carbocycles. The molecule has 0 aromatic rings. The third-order valence-corrected chi connectivity index (χ3v) is 6.34. The van der Waals surface area contributed by atoms with Crippen molar-refractivity contribution in [3.05, 3.63) is 0 Å². The third-order valence-electron chi connectivity index (χ3n) is 6.34. The smallest absolute Gasteiger partial charge is 0.306 e. The molecule has 3 fully saturated rings. The zero-order chi connectivity index (χ0) is 13.1. The van der Waals surface area contributed by atoms with Gasteiger partial charge in [-0.15, -0.1) is 0 Å². The van der Waals surface area contributed by atoms with Crippen molar-refractivity contribution >= 4 is 5.97 Å². The Morgan fingerprint density at radius 3 is 2.67 bits per heavy atom. The zero-order valence-electron chi connectivity index (χ0n) is 12.2. The Kier molecular flexibility index (Phi) is 2.60. The fourth-order valence-corrected chi connectivity index (χ4v) is 5.40. The maximum absolute atomic E-state index is 11.7. The molecule has 0 bridgehead atoms. The maximum Gasteiger partial charge on any atom is 0.306 e. The second-order valence-electron chi connectivity index (χ2n) is 7.88. The summed E-state index contributed by atoms with van der Waals surface area (Å²) in [4.78, 5) is 11.7. The summed E-state index contributed by atoms with van der Waals surface area (Å²) in [5, 5.41) is 0. The van der Waals surface area contributed by atoms with Crippen LogP contribution in [0.2, 0.25) is 0 Å². The monoisotopic (exact) mass is 250 g/mol. The number of hydrogen-bond acceptors (Lipinski definition) is 2. The van der Waals surface area contributed by atoms with Crippen molar-refractivity contribution in [2.24, 2.45) is 28.6 Å². The molecule has 2 aliphatic carbocycles. The van der Waals surface area contributed by atoms with Gasteiger partial charge in [0, 0.05) is 5.92 Å². The molecule has 0 aromatic heterocycles. The largest absolute Gasteiger partial charge is 0.462 e. The molecule has 0 spiro atoms. The Hall–Kier alpha value is -0.530. The summed E-state index contributed by atoms with van der Waals surface area (Å²) in [6.45, 7) is 9.57. The molecule has 1 heterocycles. The number of carbonyl (C=O) groups excluding carboxylic acids is 1. The molecule has 102 valence electrons. The first-order valence-corrected chi connectivity index (χ1v) is 7.54. The van der Waals surface area contributed by atoms with Crippen LogP contribution in [0.15, 0.2) is 0 Å². The van der Waals surface area contributed by atoms with E-state index in [1.165, 1.54) is 25.7 Å². The van der Waals surface area contributed by atoms with Crippen LogP contribution in [-0.4, -0.2) is 12.1 Å². The van der Waals surface area contributed by atoms with Gasteiger partial charge in [0.2, 0.25) is 0 Å². The van der Waals surface area contributed by atoms with Crippen LogP contribution in [0, 0.1) is 28.6 Å². The highest BCUT2D eigenvalue weighted by molar-refractivity contribution is 5.72. The summed E-state index contributed by atoms with van der Waals surface area (Å²) < 4.78 is 5.62. The minimum Gasteiger partial charge on any atom is -0.462 e. The highest BCUT2D eigenvalue weighted by Crippen LogP contribution is 2.63. The highest BCUT2D eigenvalue weighted by Gasteiger charge is 2.60. The van der Waals surface area contributed by atoms with Crippen molar-refractivity contribution in [3.63, 3.8) is 0 Å². The lowest BCUT2D eigenvalue weighted by Gasteiger charge is -2.58. The number of rotatable bonds is 0. The second kappa shape index (κ2) is 3.74. The van der Waals surface area contributed by atoms with E-state index in [4.69, 9.17) is 4.74 Å². The van der Waals surface area contributed by atoms with E-state index < -0.39 is 0 Å². The molecule has 0 aromatic carbocycles. The van der Waals surface area contributed by atoms with Gasteiger partial charge in [0.05, 0.1) is 6.42 Å². The number of esters is 1. The number of carbonyl (C=O) groups is 1. The van der Waals surface area contributed by atoms with Crippen molar-refractivity contribution in [3.8, 4) is 0 Å². The van der Waals surface area contributed by atoms with Crippen molar-refractivity contribution in [1.82, 2.24) is 0 Å². The van der Waals surface area contributed by atoms with Gasteiger partial charge >= 0.3 is 5.97 Å². The SMILES string of the molecule is C[C@H]1C[C@H]2C(C)(C)CCC[C@]2(C)[C@H]2CC(=O)OC12. The van der Waals surface area contributed by atoms with Crippen LogP contribution in [0.1, 0.15) is 59.8 Å². The van der Waals surface area contributed by atoms with Gasteiger partial charge in [-0.3, -0.25) is 4.79 Å². The molecule has 18 heavy (non-hydrogen) atoms. The van der Waals surface area contributed by atoms with Crippen LogP contribution in [-0.2, 0) is 9.53 Å². The molecule has 3 rings (SSSR count). The van der Waals surface area contributed by atoms with Crippen molar-refractivity contribution in [2.75, 3.05) is 0 Å². The molecule has 0 radical (unpaired) electrons. The predicted octanol–water partition coefficient (Wildman–Crippen LogP) is 3.79. The van der Waals surface area contributed by atoms with E-state index in [9.17, 15) is 4.79 Å². The van der Waals surface area contributed by atoms with E-state index in [1.54, 1.807) is 0 Å². The predicted molar refractivity (Wildman–Crippen MR) is 71.0 cm³/mol. The first-order chi connectivity index (χ1) is 8.34. The van der Waals surface area contributed by atoms with Crippen LogP contribution in [0.25, 0.3) is 0 Å². The van der Waals surface area contributed by atoms with Gasteiger partial charge in [0.15, 0.2) is 0 Å². The van der Waals surface area contributed by atoms with Crippen LogP contribution in [0.4, 0.5) is 0 Å². The Bertz CT molecular complexity index is 373. The molecule has 1 aliphatic heterocycles. The minimum absolute atomic E-state index is 0.0436. The van der Waals surface area contributed by atoms with Crippen molar-refractivity contribution in [1.29, 1.82) is 0 Å². The molecular weight excluding hydrogens is 224 g/mol. The van der Waals surface area contributed by atoms with Crippen LogP contribution >= 0.6 is 0 Å². The fourth-order valence-electron chi connectivity index (χ4n) is 5.40. The Labute approximate surface area is 110 Å². The molecule has 2 heteroatoms. The summed E-state index contributed by atoms with van der Waals surface area (Å²) in [6, 6.07) is 0. The maximum atomic E-state index is 11.7. The van der Waals surface area contributed by atoms with E-state index in [1.807, 2.05) is 0 Å². The third kappa shape index (κ3) is 1.57. The number of ether oxygens (including phenoxy) is 1. The second-order valence-corrected chi connectivity index (χ2v) is 7.88. The quantitative estimate of drug-likeness (QED) is 0.611. The van der Waals surface area contributed by atoms with E-state index in [2.05, 4.69) is 27.7 Å². The average molecular weight is 250 g/mol. The Balaban J connectivity index is 1.99. The number of fused-ring (bicyclic) bond motifs is 3. The van der Waals surface area contributed by atoms with Gasteiger partial charge in [0.1, 0.15) is 6.10 Å². The summed E-state index contributed by atoms with van der Waals surface area (Å²) >= 11 is 0. The van der Waals surface area contributed by atoms with Crippen LogP contribution in [0.5, 0.6) is 0 Å². The summed E-state index contributed by atoms with van der Waals surface area (Å²) in [5.41, 5.74) is 0.753. The molecule has 0 N–H and O–H groups in total. The normalized spacial score (nSPS) is 50.3. The summed E-state index contributed by atoms with van der Waals surface area (Å²) in [5.74, 6) is 1.81. The van der Waals surface area contributed by atoms with Crippen LogP contribution < -0.4 is 0 Å². The van der Waals surface area contributed by atoms with E-state index in [-0.39, 0.29) is 12.1 Å². The van der Waals surface area contributed by atoms with E-state index >= 15 is 0 Å². The molecule has 5 atom stereocenters. The Morgan fingerprint density at radius 1 is 1.22 bits per heavy atom. The van der Waals surface area contributed by atoms with Gasteiger partial charge in [-0.05, 0) is 41.9 Å². The lowest BCUT2D eigenvalue weighted by atomic mass is 9.46. The lowest BCUT2D eigenvalue weighted by molar-refractivity contribution is -0.152. The van der Waals surface area contributed by atoms with Gasteiger partial charge < -0.3 is 4.74 Å². The minimum atomic E-state index is 0.0436. The molecule has 1 saturated heterocycles. The fraction of sp³-hybridized carbons (Fsp3) is 0.938. The molecule has 2 nitrogen and oxygen atoms in total. The van der Waals surface area contributed by atoms with Gasteiger partial charge in [-0.25, -0.2) is 0 Å². The summed E-state index contributed by atoms with van der Waals surface area (Å²) in [6.07, 6.45) is 6.03. The van der Waals surface area contributed by atoms with Gasteiger partial charge in [-0.2, -0.15) is 0 Å². The van der Waals surface area contributed by atoms with E-state index in [0.29, 0.717) is 29.1 Å². The molecule has 3 aliphatic rings. The topological polar surface area (TPSA) is 26.3 Å². The molecule has 0 amide bonds. The Morgan fingerprint density at radius 2 is 1.94 bits per heavy atom. The average Bonchev–Trinajstić information content (AvgIpc) is 2.65. The first kappa shape index (κ1) is 12.5. The number of hydrogen-bond donors (Lipinski definition) is 0.